The summed E-state index contributed by atoms with van der Waals surface area (Å²) < 4.78 is 1.80. The van der Waals surface area contributed by atoms with Crippen molar-refractivity contribution in [1.29, 1.82) is 0 Å². The van der Waals surface area contributed by atoms with Gasteiger partial charge in [0.15, 0.2) is 0 Å². The molecule has 7 heteroatoms. The van der Waals surface area contributed by atoms with E-state index in [-0.39, 0.29) is 30.7 Å². The minimum Gasteiger partial charge on any atom is -0.356 e. The van der Waals surface area contributed by atoms with E-state index in [1.54, 1.807) is 28.9 Å². The number of imide groups is 1. The van der Waals surface area contributed by atoms with Gasteiger partial charge in [-0.15, -0.1) is 0 Å². The Morgan fingerprint density at radius 3 is 2.27 bits per heavy atom. The van der Waals surface area contributed by atoms with Crippen molar-refractivity contribution in [3.8, 4) is 5.69 Å². The molecule has 0 fully saturated rings. The van der Waals surface area contributed by atoms with Gasteiger partial charge in [0.05, 0.1) is 22.5 Å². The first-order valence-electron chi connectivity index (χ1n) is 9.95. The molecule has 4 rings (SSSR count). The average molecular weight is 402 g/mol. The lowest BCUT2D eigenvalue weighted by atomic mass is 10.1. The molecule has 7 nitrogen and oxygen atoms in total. The molecule has 0 saturated heterocycles. The number of carbonyl (C=O) groups excluding carboxylic acids is 3. The number of hydrogen-bond donors (Lipinski definition) is 1. The first-order valence-corrected chi connectivity index (χ1v) is 9.95. The minimum atomic E-state index is -0.287. The lowest BCUT2D eigenvalue weighted by molar-refractivity contribution is -0.121. The molecule has 0 unspecified atom stereocenters. The van der Waals surface area contributed by atoms with Crippen LogP contribution in [0.3, 0.4) is 0 Å². The van der Waals surface area contributed by atoms with Gasteiger partial charge in [-0.3, -0.25) is 19.3 Å². The van der Waals surface area contributed by atoms with Crippen LogP contribution in [-0.2, 0) is 11.2 Å². The fraction of sp³-hybridized carbons (Fsp3) is 0.217. The van der Waals surface area contributed by atoms with Gasteiger partial charge in [-0.05, 0) is 36.8 Å². The molecule has 0 spiro atoms. The number of benzene rings is 2. The van der Waals surface area contributed by atoms with Crippen molar-refractivity contribution in [2.45, 2.75) is 19.3 Å². The third kappa shape index (κ3) is 4.15. The van der Waals surface area contributed by atoms with Crippen molar-refractivity contribution in [1.82, 2.24) is 20.0 Å². The highest BCUT2D eigenvalue weighted by Crippen LogP contribution is 2.22. The van der Waals surface area contributed by atoms with Crippen molar-refractivity contribution >= 4 is 17.7 Å². The molecule has 0 radical (unpaired) electrons. The van der Waals surface area contributed by atoms with Crippen LogP contribution in [0, 0.1) is 0 Å². The summed E-state index contributed by atoms with van der Waals surface area (Å²) in [5.41, 5.74) is 2.75. The van der Waals surface area contributed by atoms with Crippen molar-refractivity contribution < 1.29 is 14.4 Å². The molecule has 2 heterocycles. The molecule has 0 aliphatic carbocycles. The van der Waals surface area contributed by atoms with Gasteiger partial charge in [-0.25, -0.2) is 4.68 Å². The second-order valence-electron chi connectivity index (χ2n) is 7.10. The summed E-state index contributed by atoms with van der Waals surface area (Å²) in [6.45, 7) is 0.721. The van der Waals surface area contributed by atoms with E-state index in [1.807, 2.05) is 42.6 Å². The number of rotatable bonds is 8. The smallest absolute Gasteiger partial charge is 0.261 e. The van der Waals surface area contributed by atoms with Crippen LogP contribution in [-0.4, -0.2) is 45.5 Å². The Bertz CT molecular complexity index is 1040. The Kier molecular flexibility index (Phi) is 5.70. The van der Waals surface area contributed by atoms with Crippen molar-refractivity contribution in [3.05, 3.63) is 83.7 Å². The molecular formula is C23H22N4O3. The fourth-order valence-corrected chi connectivity index (χ4v) is 3.48. The Morgan fingerprint density at radius 1 is 0.900 bits per heavy atom. The van der Waals surface area contributed by atoms with Gasteiger partial charge in [-0.1, -0.05) is 30.3 Å². The van der Waals surface area contributed by atoms with Crippen LogP contribution in [0.2, 0.25) is 0 Å². The van der Waals surface area contributed by atoms with Crippen molar-refractivity contribution in [2.75, 3.05) is 13.1 Å². The Morgan fingerprint density at radius 2 is 1.57 bits per heavy atom. The number of hydrogen-bond acceptors (Lipinski definition) is 4. The van der Waals surface area contributed by atoms with E-state index >= 15 is 0 Å². The number of aromatic nitrogens is 2. The topological polar surface area (TPSA) is 84.3 Å². The van der Waals surface area contributed by atoms with Gasteiger partial charge < -0.3 is 5.32 Å². The van der Waals surface area contributed by atoms with Gasteiger partial charge in [0.1, 0.15) is 0 Å². The maximum absolute atomic E-state index is 12.3. The highest BCUT2D eigenvalue weighted by molar-refractivity contribution is 6.21. The molecule has 0 atom stereocenters. The van der Waals surface area contributed by atoms with Gasteiger partial charge in [0.25, 0.3) is 11.8 Å². The molecule has 1 aliphatic rings. The minimum absolute atomic E-state index is 0.103. The van der Waals surface area contributed by atoms with E-state index < -0.39 is 0 Å². The van der Waals surface area contributed by atoms with Crippen molar-refractivity contribution in [3.63, 3.8) is 0 Å². The molecule has 1 aliphatic heterocycles. The SMILES string of the molecule is O=C(CCCN1C(=O)c2ccccc2C1=O)NCCc1ccn(-c2ccccc2)n1. The second kappa shape index (κ2) is 8.73. The van der Waals surface area contributed by atoms with Gasteiger partial charge >= 0.3 is 0 Å². The maximum atomic E-state index is 12.3. The van der Waals surface area contributed by atoms with Crippen LogP contribution in [0.25, 0.3) is 5.69 Å². The largest absolute Gasteiger partial charge is 0.356 e. The Balaban J connectivity index is 1.19. The number of nitrogens with zero attached hydrogens (tertiary/aromatic N) is 3. The Hall–Kier alpha value is -3.74. The summed E-state index contributed by atoms with van der Waals surface area (Å²) in [7, 11) is 0. The molecule has 3 aromatic rings. The number of para-hydroxylation sites is 1. The van der Waals surface area contributed by atoms with Crippen LogP contribution < -0.4 is 5.32 Å². The molecule has 1 aromatic heterocycles. The van der Waals surface area contributed by atoms with E-state index in [4.69, 9.17) is 0 Å². The molecule has 0 saturated carbocycles. The number of amides is 3. The molecule has 30 heavy (non-hydrogen) atoms. The highest BCUT2D eigenvalue weighted by atomic mass is 16.2. The Labute approximate surface area is 174 Å². The predicted molar refractivity (Wildman–Crippen MR) is 111 cm³/mol. The van der Waals surface area contributed by atoms with Crippen LogP contribution in [0.4, 0.5) is 0 Å². The predicted octanol–water partition coefficient (Wildman–Crippen LogP) is 2.61. The van der Waals surface area contributed by atoms with Crippen LogP contribution >= 0.6 is 0 Å². The summed E-state index contributed by atoms with van der Waals surface area (Å²) in [6.07, 6.45) is 3.21. The lowest BCUT2D eigenvalue weighted by Gasteiger charge is -2.13. The molecule has 0 bridgehead atoms. The second-order valence-corrected chi connectivity index (χ2v) is 7.10. The zero-order valence-electron chi connectivity index (χ0n) is 16.5. The standard InChI is InChI=1S/C23H22N4O3/c28-21(11-6-15-26-22(29)19-9-4-5-10-20(19)23(26)30)24-14-12-17-13-16-27(25-17)18-7-2-1-3-8-18/h1-5,7-10,13,16H,6,11-12,14-15H2,(H,24,28). The molecule has 152 valence electrons. The third-order valence-corrected chi connectivity index (χ3v) is 5.03. The van der Waals surface area contributed by atoms with E-state index in [1.165, 1.54) is 4.90 Å². The summed E-state index contributed by atoms with van der Waals surface area (Å²) in [4.78, 5) is 37.9. The van der Waals surface area contributed by atoms with E-state index in [0.29, 0.717) is 30.5 Å². The number of carbonyl (C=O) groups is 3. The monoisotopic (exact) mass is 402 g/mol. The van der Waals surface area contributed by atoms with Crippen LogP contribution in [0.1, 0.15) is 39.3 Å². The lowest BCUT2D eigenvalue weighted by Crippen LogP contribution is -2.32. The summed E-state index contributed by atoms with van der Waals surface area (Å²) in [6, 6.07) is 18.5. The quantitative estimate of drug-likeness (QED) is 0.587. The average Bonchev–Trinajstić information content (AvgIpc) is 3.34. The number of fused-ring (bicyclic) bond motifs is 1. The third-order valence-electron chi connectivity index (χ3n) is 5.03. The molecule has 1 N–H and O–H groups in total. The highest BCUT2D eigenvalue weighted by Gasteiger charge is 2.34. The fourth-order valence-electron chi connectivity index (χ4n) is 3.48. The molecular weight excluding hydrogens is 380 g/mol. The van der Waals surface area contributed by atoms with E-state index in [0.717, 1.165) is 11.4 Å². The summed E-state index contributed by atoms with van der Waals surface area (Å²) >= 11 is 0. The first kappa shape index (κ1) is 19.6. The van der Waals surface area contributed by atoms with Gasteiger partial charge in [0, 0.05) is 32.1 Å². The maximum Gasteiger partial charge on any atom is 0.261 e. The summed E-state index contributed by atoms with van der Waals surface area (Å²) in [5.74, 6) is -0.677. The van der Waals surface area contributed by atoms with Crippen molar-refractivity contribution in [2.24, 2.45) is 0 Å². The van der Waals surface area contributed by atoms with E-state index in [2.05, 4.69) is 10.4 Å². The zero-order valence-corrected chi connectivity index (χ0v) is 16.5. The van der Waals surface area contributed by atoms with Gasteiger partial charge in [-0.2, -0.15) is 5.10 Å². The van der Waals surface area contributed by atoms with E-state index in [9.17, 15) is 14.4 Å². The number of nitrogens with one attached hydrogen (secondary N) is 1. The van der Waals surface area contributed by atoms with Gasteiger partial charge in [0.2, 0.25) is 5.91 Å². The zero-order chi connectivity index (χ0) is 20.9. The summed E-state index contributed by atoms with van der Waals surface area (Å²) in [5, 5.41) is 7.38. The molecule has 3 amide bonds. The normalized spacial score (nSPS) is 12.9. The molecule has 2 aromatic carbocycles. The first-order chi connectivity index (χ1) is 14.6. The van der Waals surface area contributed by atoms with Crippen LogP contribution in [0.5, 0.6) is 0 Å². The van der Waals surface area contributed by atoms with Crippen LogP contribution in [0.15, 0.2) is 66.9 Å².